The predicted octanol–water partition coefficient (Wildman–Crippen LogP) is 3.17. The number of nitrogens with one attached hydrogen (secondary N) is 1. The zero-order valence-electron chi connectivity index (χ0n) is 18.0. The smallest absolute Gasteiger partial charge is 0.340 e. The fourth-order valence-corrected chi connectivity index (χ4v) is 3.71. The van der Waals surface area contributed by atoms with Crippen molar-refractivity contribution in [2.45, 2.75) is 23.6 Å². The zero-order chi connectivity index (χ0) is 26.3. The van der Waals surface area contributed by atoms with Crippen molar-refractivity contribution in [1.82, 2.24) is 4.98 Å². The number of nitrogens with zero attached hydrogens (tertiary/aromatic N) is 2. The number of aromatic nitrogens is 1. The number of alkyl halides is 5. The van der Waals surface area contributed by atoms with Gasteiger partial charge in [0.1, 0.15) is 18.2 Å². The summed E-state index contributed by atoms with van der Waals surface area (Å²) in [7, 11) is 0. The first kappa shape index (κ1) is 25.5. The van der Waals surface area contributed by atoms with Gasteiger partial charge in [0.15, 0.2) is 29.3 Å². The van der Waals surface area contributed by atoms with Gasteiger partial charge in [-0.25, -0.2) is 31.9 Å². The van der Waals surface area contributed by atoms with Gasteiger partial charge in [-0.2, -0.15) is 8.78 Å². The van der Waals surface area contributed by atoms with Gasteiger partial charge in [0.25, 0.3) is 11.9 Å². The van der Waals surface area contributed by atoms with Gasteiger partial charge in [-0.3, -0.25) is 4.79 Å². The van der Waals surface area contributed by atoms with Gasteiger partial charge >= 0.3 is 12.3 Å². The maximum absolute atomic E-state index is 15.6. The second-order valence-electron chi connectivity index (χ2n) is 8.06. The Balaban J connectivity index is 1.55. The minimum atomic E-state index is -4.48. The second-order valence-corrected chi connectivity index (χ2v) is 8.06. The van der Waals surface area contributed by atoms with Crippen LogP contribution in [0, 0.1) is 11.6 Å². The number of nitrogens with two attached hydrogens (primary N) is 1. The molecule has 4 rings (SSSR count). The molecule has 1 aromatic heterocycles. The summed E-state index contributed by atoms with van der Waals surface area (Å²) in [5, 5.41) is 2.25. The summed E-state index contributed by atoms with van der Waals surface area (Å²) >= 11 is 0. The number of amides is 1. The fraction of sp³-hybridized carbons (Fsp3) is 0.381. The Morgan fingerprint density at radius 3 is 2.64 bits per heavy atom. The van der Waals surface area contributed by atoms with Crippen LogP contribution >= 0.6 is 0 Å². The van der Waals surface area contributed by atoms with Crippen LogP contribution in [-0.2, 0) is 15.0 Å². The van der Waals surface area contributed by atoms with Crippen LogP contribution in [0.15, 0.2) is 35.5 Å². The molecule has 15 heteroatoms. The van der Waals surface area contributed by atoms with E-state index in [9.17, 15) is 31.1 Å². The Morgan fingerprint density at radius 2 is 1.94 bits per heavy atom. The third kappa shape index (κ3) is 4.50. The number of pyridine rings is 1. The number of aliphatic imine (C=N–C) groups is 1. The lowest BCUT2D eigenvalue weighted by molar-refractivity contribution is -0.148. The summed E-state index contributed by atoms with van der Waals surface area (Å²) in [6.45, 7) is -3.11. The Labute approximate surface area is 198 Å². The largest absolute Gasteiger partial charge is 0.485 e. The molecule has 0 bridgehead atoms. The summed E-state index contributed by atoms with van der Waals surface area (Å²) in [6, 6.07) is 3.22. The quantitative estimate of drug-likeness (QED) is 0.541. The molecule has 0 aliphatic carbocycles. The highest BCUT2D eigenvalue weighted by atomic mass is 19.3. The molecule has 2 aliphatic rings. The van der Waals surface area contributed by atoms with Gasteiger partial charge in [-0.1, -0.05) is 0 Å². The van der Waals surface area contributed by atoms with E-state index < -0.39 is 72.4 Å². The number of halogens is 7. The number of amidine groups is 1. The molecule has 0 unspecified atom stereocenters. The number of hydrogen-bond donors (Lipinski definition) is 2. The van der Waals surface area contributed by atoms with Crippen LogP contribution in [0.2, 0.25) is 0 Å². The molecule has 194 valence electrons. The van der Waals surface area contributed by atoms with Gasteiger partial charge in [0, 0.05) is 17.3 Å². The molecule has 0 radical (unpaired) electrons. The van der Waals surface area contributed by atoms with E-state index in [1.54, 1.807) is 0 Å². The van der Waals surface area contributed by atoms with Crippen molar-refractivity contribution in [3.8, 4) is 5.75 Å². The van der Waals surface area contributed by atoms with E-state index in [-0.39, 0.29) is 23.9 Å². The van der Waals surface area contributed by atoms with E-state index in [0.717, 1.165) is 18.2 Å². The summed E-state index contributed by atoms with van der Waals surface area (Å²) < 4.78 is 110. The minimum Gasteiger partial charge on any atom is -0.485 e. The Morgan fingerprint density at radius 1 is 1.19 bits per heavy atom. The van der Waals surface area contributed by atoms with Gasteiger partial charge in [0.2, 0.25) is 0 Å². The number of rotatable bonds is 7. The molecule has 3 heterocycles. The van der Waals surface area contributed by atoms with E-state index in [1.165, 1.54) is 0 Å². The number of carbonyl (C=O) groups is 1. The first-order chi connectivity index (χ1) is 16.9. The van der Waals surface area contributed by atoms with Crippen molar-refractivity contribution < 1.29 is 49.7 Å². The summed E-state index contributed by atoms with van der Waals surface area (Å²) in [4.78, 5) is 20.0. The maximum atomic E-state index is 15.6. The van der Waals surface area contributed by atoms with Crippen LogP contribution in [0.5, 0.6) is 5.75 Å². The number of fused-ring (bicyclic) bond motifs is 1. The van der Waals surface area contributed by atoms with Crippen LogP contribution in [-0.4, -0.2) is 61.4 Å². The van der Waals surface area contributed by atoms with Crippen molar-refractivity contribution in [1.29, 1.82) is 0 Å². The Hall–Kier alpha value is -3.62. The van der Waals surface area contributed by atoms with E-state index in [2.05, 4.69) is 20.0 Å². The molecular formula is C21H17F7N4O4. The molecule has 2 aliphatic heterocycles. The average Bonchev–Trinajstić information content (AvgIpc) is 3.16. The Kier molecular flexibility index (Phi) is 6.45. The molecule has 0 saturated carbocycles. The first-order valence-corrected chi connectivity index (χ1v) is 10.2. The van der Waals surface area contributed by atoms with Gasteiger partial charge in [-0.15, -0.1) is 0 Å². The minimum absolute atomic E-state index is 0.0987. The van der Waals surface area contributed by atoms with Crippen molar-refractivity contribution in [3.05, 3.63) is 53.4 Å². The second kappa shape index (κ2) is 9.11. The number of hydrogen-bond acceptors (Lipinski definition) is 7. The molecular weight excluding hydrogens is 505 g/mol. The summed E-state index contributed by atoms with van der Waals surface area (Å²) in [6.07, 6.45) is -3.32. The van der Waals surface area contributed by atoms with Gasteiger partial charge < -0.3 is 25.3 Å². The number of anilines is 1. The monoisotopic (exact) mass is 522 g/mol. The van der Waals surface area contributed by atoms with Gasteiger partial charge in [0.05, 0.1) is 19.4 Å². The Bertz CT molecular complexity index is 1210. The topological polar surface area (TPSA) is 108 Å². The highest BCUT2D eigenvalue weighted by Crippen LogP contribution is 2.48. The lowest BCUT2D eigenvalue weighted by Gasteiger charge is -2.38. The first-order valence-electron chi connectivity index (χ1n) is 10.2. The third-order valence-electron chi connectivity index (χ3n) is 5.58. The lowest BCUT2D eigenvalue weighted by atomic mass is 9.78. The molecule has 1 amide bonds. The van der Waals surface area contributed by atoms with E-state index >= 15 is 4.39 Å². The summed E-state index contributed by atoms with van der Waals surface area (Å²) in [5.41, 5.74) is 0.204. The fourth-order valence-electron chi connectivity index (χ4n) is 3.71. The molecule has 2 atom stereocenters. The normalized spacial score (nSPS) is 23.6. The molecule has 1 aromatic carbocycles. The van der Waals surface area contributed by atoms with Crippen molar-refractivity contribution in [2.24, 2.45) is 10.7 Å². The van der Waals surface area contributed by atoms with E-state index in [1.807, 2.05) is 0 Å². The van der Waals surface area contributed by atoms with Crippen LogP contribution in [0.1, 0.15) is 16.1 Å². The van der Waals surface area contributed by atoms with Crippen molar-refractivity contribution >= 4 is 17.6 Å². The highest BCUT2D eigenvalue weighted by molar-refractivity contribution is 6.03. The van der Waals surface area contributed by atoms with Gasteiger partial charge in [-0.05, 0) is 18.2 Å². The zero-order valence-corrected chi connectivity index (χ0v) is 18.0. The number of carbonyl (C=O) groups excluding carboxylic acids is 1. The predicted molar refractivity (Wildman–Crippen MR) is 109 cm³/mol. The van der Waals surface area contributed by atoms with E-state index in [0.29, 0.717) is 12.3 Å². The maximum Gasteiger partial charge on any atom is 0.340 e. The molecule has 1 fully saturated rings. The summed E-state index contributed by atoms with van der Waals surface area (Å²) in [5.74, 6) is -8.45. The lowest BCUT2D eigenvalue weighted by Crippen LogP contribution is -2.55. The SMILES string of the molecule is NC1=N[C@@]2(c3cc(NC(=O)c4ncc(OCC(F)(F)C(F)F)cc4F)ccc3F)COC[C@@]2(F)CO1. The number of benzene rings is 1. The molecule has 36 heavy (non-hydrogen) atoms. The molecule has 1 saturated heterocycles. The van der Waals surface area contributed by atoms with Crippen molar-refractivity contribution in [2.75, 3.05) is 31.7 Å². The molecule has 3 N–H and O–H groups in total. The standard InChI is InChI=1S/C21H17F7N4O4/c22-13-2-1-10(3-12(13)20-8-34-6-19(20,26)7-36-18(29)32-20)31-16(33)15-14(23)4-11(5-30-15)35-9-21(27,28)17(24)25/h1-5,17H,6-9H2,(H2,29,32)(H,31,33)/t19-,20-/m1/s1. The van der Waals surface area contributed by atoms with Crippen LogP contribution in [0.3, 0.4) is 0 Å². The average molecular weight is 522 g/mol. The number of ether oxygens (including phenoxy) is 3. The van der Waals surface area contributed by atoms with Crippen molar-refractivity contribution in [3.63, 3.8) is 0 Å². The third-order valence-corrected chi connectivity index (χ3v) is 5.58. The van der Waals surface area contributed by atoms with Crippen LogP contribution in [0.25, 0.3) is 0 Å². The highest BCUT2D eigenvalue weighted by Gasteiger charge is 2.62. The molecule has 0 spiro atoms. The van der Waals surface area contributed by atoms with E-state index in [4.69, 9.17) is 15.2 Å². The van der Waals surface area contributed by atoms with Crippen LogP contribution < -0.4 is 15.8 Å². The molecule has 2 aromatic rings. The van der Waals surface area contributed by atoms with Crippen LogP contribution in [0.4, 0.5) is 36.4 Å². The molecule has 8 nitrogen and oxygen atoms in total.